The molecule has 1 aromatic carbocycles. The Bertz CT molecular complexity index is 458. The maximum Gasteiger partial charge on any atom is 0.255 e. The zero-order valence-corrected chi connectivity index (χ0v) is 11.0. The number of hydrogen-bond donors (Lipinski definition) is 2. The van der Waals surface area contributed by atoms with E-state index in [4.69, 9.17) is 16.3 Å². The van der Waals surface area contributed by atoms with Crippen LogP contribution in [0, 0.1) is 5.41 Å². The Morgan fingerprint density at radius 3 is 2.78 bits per heavy atom. The van der Waals surface area contributed by atoms with Crippen molar-refractivity contribution in [1.82, 2.24) is 5.32 Å². The van der Waals surface area contributed by atoms with Crippen molar-refractivity contribution in [3.63, 3.8) is 0 Å². The number of hydrogen-bond acceptors (Lipinski definition) is 3. The summed E-state index contributed by atoms with van der Waals surface area (Å²) in [4.78, 5) is 11.9. The van der Waals surface area contributed by atoms with E-state index in [1.54, 1.807) is 12.1 Å². The van der Waals surface area contributed by atoms with Gasteiger partial charge in [-0.25, -0.2) is 0 Å². The lowest BCUT2D eigenvalue weighted by Crippen LogP contribution is -2.31. The Labute approximate surface area is 111 Å². The highest BCUT2D eigenvalue weighted by molar-refractivity contribution is 6.18. The van der Waals surface area contributed by atoms with Crippen LogP contribution < -0.4 is 10.1 Å². The molecule has 2 rings (SSSR count). The van der Waals surface area contributed by atoms with Gasteiger partial charge in [0.15, 0.2) is 0 Å². The molecule has 0 spiro atoms. The predicted molar refractivity (Wildman–Crippen MR) is 69.4 cm³/mol. The monoisotopic (exact) mass is 269 g/mol. The van der Waals surface area contributed by atoms with Crippen molar-refractivity contribution in [1.29, 1.82) is 0 Å². The summed E-state index contributed by atoms with van der Waals surface area (Å²) in [5.74, 6) is 0.708. The topological polar surface area (TPSA) is 58.6 Å². The summed E-state index contributed by atoms with van der Waals surface area (Å²) in [6.45, 7) is 0.556. The molecule has 0 atom stereocenters. The average Bonchev–Trinajstić information content (AvgIpc) is 3.16. The summed E-state index contributed by atoms with van der Waals surface area (Å²) in [5.41, 5.74) is 0.320. The Balaban J connectivity index is 2.00. The number of benzene rings is 1. The molecule has 98 valence electrons. The zero-order chi connectivity index (χ0) is 13.2. The SMILES string of the molecule is COc1ccc(C(=O)NCC2(CCl)CC2)c(O)c1. The van der Waals surface area contributed by atoms with Crippen molar-refractivity contribution >= 4 is 17.5 Å². The van der Waals surface area contributed by atoms with Crippen molar-refractivity contribution in [2.45, 2.75) is 12.8 Å². The van der Waals surface area contributed by atoms with Gasteiger partial charge in [0.25, 0.3) is 5.91 Å². The molecule has 18 heavy (non-hydrogen) atoms. The third kappa shape index (κ3) is 2.70. The van der Waals surface area contributed by atoms with Crippen LogP contribution in [-0.4, -0.2) is 30.5 Å². The molecule has 1 saturated carbocycles. The second kappa shape index (κ2) is 5.06. The Morgan fingerprint density at radius 2 is 2.28 bits per heavy atom. The van der Waals surface area contributed by atoms with E-state index in [0.717, 1.165) is 12.8 Å². The fourth-order valence-corrected chi connectivity index (χ4v) is 2.09. The number of amides is 1. The Morgan fingerprint density at radius 1 is 1.56 bits per heavy atom. The van der Waals surface area contributed by atoms with Crippen molar-refractivity contribution in [3.05, 3.63) is 23.8 Å². The molecule has 0 saturated heterocycles. The van der Waals surface area contributed by atoms with Gasteiger partial charge in [-0.1, -0.05) is 0 Å². The lowest BCUT2D eigenvalue weighted by Gasteiger charge is -2.13. The number of halogens is 1. The smallest absolute Gasteiger partial charge is 0.255 e. The van der Waals surface area contributed by atoms with Crippen LogP contribution in [0.2, 0.25) is 0 Å². The number of aromatic hydroxyl groups is 1. The molecule has 0 radical (unpaired) electrons. The van der Waals surface area contributed by atoms with E-state index in [-0.39, 0.29) is 22.6 Å². The van der Waals surface area contributed by atoms with E-state index >= 15 is 0 Å². The molecule has 0 unspecified atom stereocenters. The first-order valence-corrected chi connectivity index (χ1v) is 6.35. The molecule has 2 N–H and O–H groups in total. The first kappa shape index (κ1) is 13.0. The summed E-state index contributed by atoms with van der Waals surface area (Å²) < 4.78 is 4.96. The van der Waals surface area contributed by atoms with Gasteiger partial charge in [0.1, 0.15) is 11.5 Å². The number of phenols is 1. The third-order valence-corrected chi connectivity index (χ3v) is 3.88. The number of phenolic OH excluding ortho intramolecular Hbond substituents is 1. The highest BCUT2D eigenvalue weighted by Crippen LogP contribution is 2.45. The summed E-state index contributed by atoms with van der Waals surface area (Å²) in [7, 11) is 1.51. The Kier molecular flexibility index (Phi) is 3.66. The van der Waals surface area contributed by atoms with Crippen molar-refractivity contribution in [3.8, 4) is 11.5 Å². The second-order valence-electron chi connectivity index (χ2n) is 4.70. The van der Waals surface area contributed by atoms with Gasteiger partial charge in [-0.3, -0.25) is 4.79 Å². The van der Waals surface area contributed by atoms with Gasteiger partial charge in [0, 0.05) is 23.9 Å². The molecular formula is C13H16ClNO3. The van der Waals surface area contributed by atoms with E-state index in [2.05, 4.69) is 5.32 Å². The van der Waals surface area contributed by atoms with Crippen LogP contribution in [0.25, 0.3) is 0 Å². The molecule has 0 heterocycles. The summed E-state index contributed by atoms with van der Waals surface area (Å²) in [6.07, 6.45) is 2.09. The van der Waals surface area contributed by atoms with E-state index in [0.29, 0.717) is 18.2 Å². The van der Waals surface area contributed by atoms with Crippen LogP contribution in [0.5, 0.6) is 11.5 Å². The molecule has 0 bridgehead atoms. The summed E-state index contributed by atoms with van der Waals surface area (Å²) >= 11 is 5.84. The lowest BCUT2D eigenvalue weighted by molar-refractivity contribution is 0.0943. The maximum absolute atomic E-state index is 11.9. The van der Waals surface area contributed by atoms with Crippen molar-refractivity contribution in [2.24, 2.45) is 5.41 Å². The van der Waals surface area contributed by atoms with Gasteiger partial charge in [-0.05, 0) is 25.0 Å². The maximum atomic E-state index is 11.9. The minimum Gasteiger partial charge on any atom is -0.507 e. The Hall–Kier alpha value is -1.42. The molecule has 1 fully saturated rings. The van der Waals surface area contributed by atoms with Gasteiger partial charge in [0.05, 0.1) is 12.7 Å². The first-order valence-electron chi connectivity index (χ1n) is 5.81. The third-order valence-electron chi connectivity index (χ3n) is 3.31. The standard InChI is InChI=1S/C13H16ClNO3/c1-18-9-2-3-10(11(16)6-9)12(17)15-8-13(7-14)4-5-13/h2-3,6,16H,4-5,7-8H2,1H3,(H,15,17). The van der Waals surface area contributed by atoms with E-state index in [1.807, 2.05) is 0 Å². The highest BCUT2D eigenvalue weighted by Gasteiger charge is 2.41. The predicted octanol–water partition coefficient (Wildman–Crippen LogP) is 2.15. The largest absolute Gasteiger partial charge is 0.507 e. The second-order valence-corrected chi connectivity index (χ2v) is 4.97. The average molecular weight is 270 g/mol. The first-order chi connectivity index (χ1) is 8.60. The summed E-state index contributed by atoms with van der Waals surface area (Å²) in [5, 5.41) is 12.5. The minimum absolute atomic E-state index is 0.0688. The number of nitrogens with one attached hydrogen (secondary N) is 1. The quantitative estimate of drug-likeness (QED) is 0.806. The molecule has 1 aromatic rings. The lowest BCUT2D eigenvalue weighted by atomic mass is 10.1. The van der Waals surface area contributed by atoms with Gasteiger partial charge < -0.3 is 15.2 Å². The van der Waals surface area contributed by atoms with Crippen LogP contribution >= 0.6 is 11.6 Å². The number of ether oxygens (including phenoxy) is 1. The van der Waals surface area contributed by atoms with Crippen LogP contribution in [0.4, 0.5) is 0 Å². The van der Waals surface area contributed by atoms with E-state index in [9.17, 15) is 9.90 Å². The fraction of sp³-hybridized carbons (Fsp3) is 0.462. The van der Waals surface area contributed by atoms with Crippen LogP contribution in [-0.2, 0) is 0 Å². The minimum atomic E-state index is -0.286. The van der Waals surface area contributed by atoms with Gasteiger partial charge in [0.2, 0.25) is 0 Å². The van der Waals surface area contributed by atoms with Crippen molar-refractivity contribution in [2.75, 3.05) is 19.5 Å². The molecule has 0 aliphatic heterocycles. The van der Waals surface area contributed by atoms with E-state index < -0.39 is 0 Å². The summed E-state index contributed by atoms with van der Waals surface area (Å²) in [6, 6.07) is 4.61. The molecule has 4 nitrogen and oxygen atoms in total. The van der Waals surface area contributed by atoms with Crippen LogP contribution in [0.3, 0.4) is 0 Å². The van der Waals surface area contributed by atoms with Crippen molar-refractivity contribution < 1.29 is 14.6 Å². The molecule has 1 aliphatic carbocycles. The number of methoxy groups -OCH3 is 1. The van der Waals surface area contributed by atoms with Crippen LogP contribution in [0.15, 0.2) is 18.2 Å². The number of alkyl halides is 1. The van der Waals surface area contributed by atoms with Gasteiger partial charge >= 0.3 is 0 Å². The number of rotatable bonds is 5. The fourth-order valence-electron chi connectivity index (χ4n) is 1.73. The molecule has 1 amide bonds. The highest BCUT2D eigenvalue weighted by atomic mass is 35.5. The normalized spacial score (nSPS) is 16.1. The van der Waals surface area contributed by atoms with Gasteiger partial charge in [-0.2, -0.15) is 0 Å². The zero-order valence-electron chi connectivity index (χ0n) is 10.2. The van der Waals surface area contributed by atoms with Gasteiger partial charge in [-0.15, -0.1) is 11.6 Å². The molecule has 0 aromatic heterocycles. The number of carbonyl (C=O) groups is 1. The molecular weight excluding hydrogens is 254 g/mol. The van der Waals surface area contributed by atoms with E-state index in [1.165, 1.54) is 13.2 Å². The molecule has 1 aliphatic rings. The molecule has 5 heteroatoms. The van der Waals surface area contributed by atoms with Crippen LogP contribution in [0.1, 0.15) is 23.2 Å². The number of carbonyl (C=O) groups excluding carboxylic acids is 1.